The van der Waals surface area contributed by atoms with E-state index < -0.39 is 29.6 Å². The van der Waals surface area contributed by atoms with Crippen LogP contribution < -0.4 is 0 Å². The van der Waals surface area contributed by atoms with E-state index in [0.29, 0.717) is 52.0 Å². The minimum atomic E-state index is -1.12. The molecule has 3 heterocycles. The van der Waals surface area contributed by atoms with Gasteiger partial charge in [0.2, 0.25) is 17.7 Å². The third-order valence-corrected chi connectivity index (χ3v) is 10.2. The van der Waals surface area contributed by atoms with Gasteiger partial charge in [-0.25, -0.2) is 0 Å². The second-order valence-corrected chi connectivity index (χ2v) is 13.5. The van der Waals surface area contributed by atoms with Crippen molar-refractivity contribution in [2.75, 3.05) is 26.2 Å². The monoisotopic (exact) mass is 677 g/mol. The highest BCUT2D eigenvalue weighted by molar-refractivity contribution is 9.09. The number of carbonyl (C=O) groups excluding carboxylic acids is 3. The minimum absolute atomic E-state index is 0.126. The summed E-state index contributed by atoms with van der Waals surface area (Å²) in [6, 6.07) is 18.7. The number of amides is 3. The summed E-state index contributed by atoms with van der Waals surface area (Å²) in [6.45, 7) is 9.70. The zero-order valence-electron chi connectivity index (χ0n) is 25.8. The largest absolute Gasteiger partial charge is 0.396 e. The van der Waals surface area contributed by atoms with E-state index in [1.54, 1.807) is 26.9 Å². The average Bonchev–Trinajstić information content (AvgIpc) is 3.64. The summed E-state index contributed by atoms with van der Waals surface area (Å²) in [6.07, 6.45) is 6.38. The van der Waals surface area contributed by atoms with E-state index in [1.165, 1.54) is 0 Å². The Balaban J connectivity index is 1.49. The number of aliphatic hydroxyl groups is 1. The summed E-state index contributed by atoms with van der Waals surface area (Å²) in [4.78, 5) is 48.6. The van der Waals surface area contributed by atoms with E-state index in [-0.39, 0.29) is 29.2 Å². The highest BCUT2D eigenvalue weighted by Crippen LogP contribution is 2.60. The highest BCUT2D eigenvalue weighted by atomic mass is 79.9. The van der Waals surface area contributed by atoms with Crippen molar-refractivity contribution in [1.29, 1.82) is 0 Å². The number of carbonyl (C=O) groups is 3. The molecule has 45 heavy (non-hydrogen) atoms. The Morgan fingerprint density at radius 1 is 0.911 bits per heavy atom. The fourth-order valence-corrected chi connectivity index (χ4v) is 8.39. The van der Waals surface area contributed by atoms with Gasteiger partial charge < -0.3 is 24.5 Å². The van der Waals surface area contributed by atoms with Gasteiger partial charge in [-0.1, -0.05) is 102 Å². The number of unbranched alkanes of at least 4 members (excludes halogenated alkanes) is 3. The fourth-order valence-electron chi connectivity index (χ4n) is 7.45. The molecule has 0 radical (unpaired) electrons. The second kappa shape index (κ2) is 14.9. The number of likely N-dealkylation sites (tertiary alicyclic amines) is 1. The average molecular weight is 679 g/mol. The van der Waals surface area contributed by atoms with Crippen LogP contribution in [0.5, 0.6) is 0 Å². The van der Waals surface area contributed by atoms with Crippen molar-refractivity contribution < 1.29 is 24.2 Å². The highest BCUT2D eigenvalue weighted by Gasteiger charge is 2.76. The molecule has 0 aliphatic carbocycles. The van der Waals surface area contributed by atoms with E-state index in [4.69, 9.17) is 4.74 Å². The van der Waals surface area contributed by atoms with Gasteiger partial charge >= 0.3 is 0 Å². The number of hydrogen-bond acceptors (Lipinski definition) is 5. The van der Waals surface area contributed by atoms with Gasteiger partial charge in [-0.15, -0.1) is 13.2 Å². The van der Waals surface area contributed by atoms with Gasteiger partial charge in [0.15, 0.2) is 0 Å². The lowest BCUT2D eigenvalue weighted by atomic mass is 9.70. The number of fused-ring (bicyclic) bond motifs is 1. The van der Waals surface area contributed by atoms with Gasteiger partial charge in [0, 0.05) is 44.2 Å². The number of aliphatic hydroxyl groups excluding tert-OH is 1. The van der Waals surface area contributed by atoms with Crippen molar-refractivity contribution in [1.82, 2.24) is 14.7 Å². The van der Waals surface area contributed by atoms with Crippen LogP contribution in [-0.2, 0) is 32.2 Å². The molecule has 3 amide bonds. The maximum atomic E-state index is 14.7. The SMILES string of the molecule is C=CCN(Cc1ccccc1)C(=O)C1N(CCCCCCO)C(=O)[C@@H]2[C@H](C(=O)N(CC=C)Cc3ccccc3)[C@H]3OC12CC3Br. The normalized spacial score (nSPS) is 26.5. The zero-order valence-corrected chi connectivity index (χ0v) is 27.4. The molecule has 6 atom stereocenters. The van der Waals surface area contributed by atoms with Crippen molar-refractivity contribution >= 4 is 33.7 Å². The smallest absolute Gasteiger partial charge is 0.248 e. The van der Waals surface area contributed by atoms with E-state index in [2.05, 4.69) is 29.1 Å². The van der Waals surface area contributed by atoms with Crippen LogP contribution in [-0.4, -0.2) is 86.3 Å². The lowest BCUT2D eigenvalue weighted by Crippen LogP contribution is -2.57. The first kappa shape index (κ1) is 33.1. The van der Waals surface area contributed by atoms with Crippen LogP contribution >= 0.6 is 15.9 Å². The van der Waals surface area contributed by atoms with Gasteiger partial charge in [-0.05, 0) is 30.4 Å². The van der Waals surface area contributed by atoms with Crippen LogP contribution in [0.15, 0.2) is 86.0 Å². The topological polar surface area (TPSA) is 90.4 Å². The van der Waals surface area contributed by atoms with Gasteiger partial charge in [-0.3, -0.25) is 14.4 Å². The molecule has 0 saturated carbocycles. The van der Waals surface area contributed by atoms with E-state index in [9.17, 15) is 19.5 Å². The van der Waals surface area contributed by atoms with Crippen LogP contribution in [0, 0.1) is 11.8 Å². The first-order chi connectivity index (χ1) is 21.9. The summed E-state index contributed by atoms with van der Waals surface area (Å²) in [5, 5.41) is 9.24. The van der Waals surface area contributed by atoms with Crippen LogP contribution in [0.25, 0.3) is 0 Å². The summed E-state index contributed by atoms with van der Waals surface area (Å²) in [5.74, 6) is -2.02. The van der Waals surface area contributed by atoms with Crippen molar-refractivity contribution in [2.24, 2.45) is 11.8 Å². The van der Waals surface area contributed by atoms with Crippen LogP contribution in [0.3, 0.4) is 0 Å². The molecule has 2 bridgehead atoms. The van der Waals surface area contributed by atoms with Gasteiger partial charge in [0.25, 0.3) is 0 Å². The summed E-state index contributed by atoms with van der Waals surface area (Å²) < 4.78 is 6.78. The molecular weight excluding hydrogens is 634 g/mol. The molecule has 3 fully saturated rings. The lowest BCUT2D eigenvalue weighted by molar-refractivity contribution is -0.149. The van der Waals surface area contributed by atoms with Gasteiger partial charge in [0.1, 0.15) is 11.6 Å². The molecule has 5 rings (SSSR count). The number of rotatable bonds is 16. The molecule has 3 aliphatic rings. The van der Waals surface area contributed by atoms with Crippen LogP contribution in [0.2, 0.25) is 0 Å². The van der Waals surface area contributed by atoms with Gasteiger partial charge in [-0.2, -0.15) is 0 Å². The number of benzene rings is 2. The Bertz CT molecular complexity index is 1360. The minimum Gasteiger partial charge on any atom is -0.396 e. The quantitative estimate of drug-likeness (QED) is 0.158. The molecule has 2 aromatic carbocycles. The Labute approximate surface area is 274 Å². The molecule has 1 N–H and O–H groups in total. The number of nitrogens with zero attached hydrogens (tertiary/aromatic N) is 3. The molecule has 0 aromatic heterocycles. The van der Waals surface area contributed by atoms with Crippen LogP contribution in [0.1, 0.15) is 43.2 Å². The van der Waals surface area contributed by atoms with Crippen molar-refractivity contribution in [3.63, 3.8) is 0 Å². The predicted molar refractivity (Wildman–Crippen MR) is 177 cm³/mol. The molecular formula is C36H44BrN3O5. The number of alkyl halides is 1. The third-order valence-electron chi connectivity index (χ3n) is 9.37. The molecule has 1 spiro atoms. The molecule has 8 nitrogen and oxygen atoms in total. The second-order valence-electron chi connectivity index (χ2n) is 12.3. The standard InChI is InChI=1S/C36H44BrN3O5/c1-3-19-38(24-26-15-9-7-10-16-26)33(42)29-30-34(43)40(21-13-5-6-14-22-41)32(36(30)23-28(37)31(29)45-36)35(44)39(20-4-2)25-27-17-11-8-12-18-27/h3-4,7-12,15-18,28-32,41H,1-2,5-6,13-14,19-25H2/t28?,29-,30-,31-,32?,36?/m0/s1. The lowest BCUT2D eigenvalue weighted by Gasteiger charge is -2.37. The Morgan fingerprint density at radius 3 is 2.02 bits per heavy atom. The maximum absolute atomic E-state index is 14.7. The third kappa shape index (κ3) is 6.67. The van der Waals surface area contributed by atoms with Crippen LogP contribution in [0.4, 0.5) is 0 Å². The van der Waals surface area contributed by atoms with Crippen molar-refractivity contribution in [3.05, 3.63) is 97.1 Å². The number of ether oxygens (including phenoxy) is 1. The van der Waals surface area contributed by atoms with E-state index >= 15 is 0 Å². The molecule has 3 unspecified atom stereocenters. The molecule has 3 aliphatic heterocycles. The molecule has 2 aromatic rings. The summed E-state index contributed by atoms with van der Waals surface area (Å²) >= 11 is 3.80. The van der Waals surface area contributed by atoms with E-state index in [1.807, 2.05) is 60.7 Å². The maximum Gasteiger partial charge on any atom is 0.248 e. The fraction of sp³-hybridized carbons (Fsp3) is 0.472. The molecule has 3 saturated heterocycles. The van der Waals surface area contributed by atoms with E-state index in [0.717, 1.165) is 24.0 Å². The predicted octanol–water partition coefficient (Wildman–Crippen LogP) is 4.72. The summed E-state index contributed by atoms with van der Waals surface area (Å²) in [7, 11) is 0. The number of halogens is 1. The van der Waals surface area contributed by atoms with Crippen molar-refractivity contribution in [2.45, 2.75) is 67.8 Å². The molecule has 9 heteroatoms. The number of hydrogen-bond donors (Lipinski definition) is 1. The molecule has 240 valence electrons. The van der Waals surface area contributed by atoms with Gasteiger partial charge in [0.05, 0.1) is 17.9 Å². The Kier molecular flexibility index (Phi) is 10.9. The Morgan fingerprint density at radius 2 is 1.47 bits per heavy atom. The first-order valence-electron chi connectivity index (χ1n) is 16.0. The Hall–Kier alpha value is -3.27. The first-order valence-corrected chi connectivity index (χ1v) is 16.9. The van der Waals surface area contributed by atoms with Crippen molar-refractivity contribution in [3.8, 4) is 0 Å². The summed E-state index contributed by atoms with van der Waals surface area (Å²) in [5.41, 5.74) is 0.838. The zero-order chi connectivity index (χ0) is 32.0.